The van der Waals surface area contributed by atoms with E-state index in [0.29, 0.717) is 24.6 Å². The second kappa shape index (κ2) is 7.21. The first kappa shape index (κ1) is 16.7. The van der Waals surface area contributed by atoms with Gasteiger partial charge in [-0.1, -0.05) is 18.2 Å². The minimum absolute atomic E-state index is 0.0136. The van der Waals surface area contributed by atoms with Crippen LogP contribution in [0.3, 0.4) is 0 Å². The van der Waals surface area contributed by atoms with Crippen LogP contribution >= 0.6 is 22.7 Å². The molecule has 0 radical (unpaired) electrons. The standard InChI is InChI=1S/C18H19N3O2S2/c22-14(16-6-3-11-24-16)12-20-7-9-21(10-8-20)18(23)17-19-13-4-1-2-5-15(13)25-17/h1-6,11,14,22H,7-10,12H2/t14-/m1/s1. The molecule has 1 amide bonds. The average molecular weight is 374 g/mol. The molecule has 1 N–H and O–H groups in total. The Hall–Kier alpha value is -1.80. The second-order valence-corrected chi connectivity index (χ2v) is 8.12. The van der Waals surface area contributed by atoms with E-state index in [1.807, 2.05) is 46.7 Å². The number of β-amino-alcohol motifs (C(OH)–C–C–N with tert-alkyl or cyclic N) is 1. The van der Waals surface area contributed by atoms with Crippen LogP contribution in [-0.2, 0) is 0 Å². The molecule has 2 aromatic heterocycles. The molecule has 1 saturated heterocycles. The van der Waals surface area contributed by atoms with Crippen molar-refractivity contribution in [3.8, 4) is 0 Å². The Labute approximate surface area is 154 Å². The van der Waals surface area contributed by atoms with E-state index in [-0.39, 0.29) is 5.91 Å². The van der Waals surface area contributed by atoms with Gasteiger partial charge in [0.15, 0.2) is 5.01 Å². The van der Waals surface area contributed by atoms with Gasteiger partial charge in [-0.15, -0.1) is 22.7 Å². The molecule has 5 nitrogen and oxygen atoms in total. The lowest BCUT2D eigenvalue weighted by atomic mass is 10.2. The number of piperazine rings is 1. The Morgan fingerprint density at radius 1 is 1.16 bits per heavy atom. The van der Waals surface area contributed by atoms with Gasteiger partial charge in [-0.3, -0.25) is 9.69 Å². The third-order valence-electron chi connectivity index (χ3n) is 4.44. The van der Waals surface area contributed by atoms with Crippen molar-refractivity contribution in [3.05, 3.63) is 51.7 Å². The van der Waals surface area contributed by atoms with Gasteiger partial charge < -0.3 is 10.0 Å². The van der Waals surface area contributed by atoms with E-state index < -0.39 is 6.10 Å². The maximum Gasteiger partial charge on any atom is 0.282 e. The van der Waals surface area contributed by atoms with E-state index in [1.54, 1.807) is 11.3 Å². The summed E-state index contributed by atoms with van der Waals surface area (Å²) in [5.74, 6) is 0.0136. The maximum absolute atomic E-state index is 12.7. The number of hydrogen-bond acceptors (Lipinski definition) is 6. The largest absolute Gasteiger partial charge is 0.386 e. The van der Waals surface area contributed by atoms with E-state index in [9.17, 15) is 9.90 Å². The number of rotatable bonds is 4. The minimum atomic E-state index is -0.452. The Kier molecular flexibility index (Phi) is 4.80. The lowest BCUT2D eigenvalue weighted by molar-refractivity contribution is 0.0532. The normalized spacial score (nSPS) is 17.1. The second-order valence-electron chi connectivity index (χ2n) is 6.11. The Morgan fingerprint density at radius 2 is 1.96 bits per heavy atom. The zero-order valence-electron chi connectivity index (χ0n) is 13.7. The summed E-state index contributed by atoms with van der Waals surface area (Å²) in [7, 11) is 0. The molecule has 1 aliphatic rings. The predicted molar refractivity (Wildman–Crippen MR) is 101 cm³/mol. The highest BCUT2D eigenvalue weighted by atomic mass is 32.1. The van der Waals surface area contributed by atoms with Gasteiger partial charge >= 0.3 is 0 Å². The highest BCUT2D eigenvalue weighted by Crippen LogP contribution is 2.24. The van der Waals surface area contributed by atoms with Gasteiger partial charge in [0.2, 0.25) is 0 Å². The highest BCUT2D eigenvalue weighted by molar-refractivity contribution is 7.20. The summed E-state index contributed by atoms with van der Waals surface area (Å²) in [4.78, 5) is 22.2. The van der Waals surface area contributed by atoms with Gasteiger partial charge in [-0.05, 0) is 23.6 Å². The van der Waals surface area contributed by atoms with E-state index in [4.69, 9.17) is 0 Å². The molecule has 130 valence electrons. The minimum Gasteiger partial charge on any atom is -0.386 e. The molecular formula is C18H19N3O2S2. The summed E-state index contributed by atoms with van der Waals surface area (Å²) in [6.45, 7) is 3.51. The van der Waals surface area contributed by atoms with Crippen molar-refractivity contribution in [2.75, 3.05) is 32.7 Å². The molecule has 0 aliphatic carbocycles. The highest BCUT2D eigenvalue weighted by Gasteiger charge is 2.25. The first-order valence-electron chi connectivity index (χ1n) is 8.29. The molecular weight excluding hydrogens is 354 g/mol. The lowest BCUT2D eigenvalue weighted by Crippen LogP contribution is -2.49. The van der Waals surface area contributed by atoms with Crippen molar-refractivity contribution in [2.45, 2.75) is 6.10 Å². The number of aliphatic hydroxyl groups is 1. The Morgan fingerprint density at radius 3 is 2.68 bits per heavy atom. The molecule has 7 heteroatoms. The first-order chi connectivity index (χ1) is 12.2. The van der Waals surface area contributed by atoms with Crippen LogP contribution < -0.4 is 0 Å². The van der Waals surface area contributed by atoms with Crippen molar-refractivity contribution in [3.63, 3.8) is 0 Å². The number of benzene rings is 1. The number of thiophene rings is 1. The molecule has 4 rings (SSSR count). The molecule has 0 bridgehead atoms. The fourth-order valence-corrected chi connectivity index (χ4v) is 4.68. The van der Waals surface area contributed by atoms with Gasteiger partial charge in [0.05, 0.1) is 10.2 Å². The van der Waals surface area contributed by atoms with Crippen LogP contribution in [0.25, 0.3) is 10.2 Å². The molecule has 1 atom stereocenters. The van der Waals surface area contributed by atoms with Crippen LogP contribution in [0, 0.1) is 0 Å². The first-order valence-corrected chi connectivity index (χ1v) is 9.99. The third kappa shape index (κ3) is 3.59. The lowest BCUT2D eigenvalue weighted by Gasteiger charge is -2.35. The number of thiazole rings is 1. The summed E-state index contributed by atoms with van der Waals surface area (Å²) in [5.41, 5.74) is 0.883. The van der Waals surface area contributed by atoms with E-state index in [0.717, 1.165) is 28.2 Å². The van der Waals surface area contributed by atoms with Crippen LogP contribution in [0.4, 0.5) is 0 Å². The number of fused-ring (bicyclic) bond motifs is 1. The number of carbonyl (C=O) groups is 1. The van der Waals surface area contributed by atoms with Crippen molar-refractivity contribution >= 4 is 38.8 Å². The van der Waals surface area contributed by atoms with Crippen molar-refractivity contribution in [1.29, 1.82) is 0 Å². The van der Waals surface area contributed by atoms with Crippen LogP contribution in [0.2, 0.25) is 0 Å². The van der Waals surface area contributed by atoms with Crippen LogP contribution in [0.15, 0.2) is 41.8 Å². The third-order valence-corrected chi connectivity index (χ3v) is 6.44. The average Bonchev–Trinajstić information content (AvgIpc) is 3.31. The van der Waals surface area contributed by atoms with Crippen LogP contribution in [-0.4, -0.2) is 58.5 Å². The summed E-state index contributed by atoms with van der Waals surface area (Å²) in [6, 6.07) is 11.8. The Balaban J connectivity index is 1.35. The number of aromatic nitrogens is 1. The monoisotopic (exact) mass is 373 g/mol. The fraction of sp³-hybridized carbons (Fsp3) is 0.333. The topological polar surface area (TPSA) is 56.7 Å². The summed E-state index contributed by atoms with van der Waals surface area (Å²) >= 11 is 3.03. The van der Waals surface area contributed by atoms with Gasteiger partial charge in [0.25, 0.3) is 5.91 Å². The fourth-order valence-electron chi connectivity index (χ4n) is 3.05. The zero-order valence-corrected chi connectivity index (χ0v) is 15.3. The molecule has 0 saturated carbocycles. The van der Waals surface area contributed by atoms with E-state index in [2.05, 4.69) is 9.88 Å². The molecule has 1 aliphatic heterocycles. The summed E-state index contributed by atoms with van der Waals surface area (Å²) in [6.07, 6.45) is -0.452. The van der Waals surface area contributed by atoms with Crippen molar-refractivity contribution < 1.29 is 9.90 Å². The number of nitrogens with zero attached hydrogens (tertiary/aromatic N) is 3. The number of aliphatic hydroxyl groups excluding tert-OH is 1. The molecule has 0 spiro atoms. The van der Waals surface area contributed by atoms with Gasteiger partial charge in [0, 0.05) is 37.6 Å². The Bertz CT molecular complexity index is 821. The van der Waals surface area contributed by atoms with Crippen molar-refractivity contribution in [2.24, 2.45) is 0 Å². The maximum atomic E-state index is 12.7. The molecule has 25 heavy (non-hydrogen) atoms. The van der Waals surface area contributed by atoms with E-state index in [1.165, 1.54) is 11.3 Å². The predicted octanol–water partition coefficient (Wildman–Crippen LogP) is 2.85. The summed E-state index contributed by atoms with van der Waals surface area (Å²) < 4.78 is 1.04. The van der Waals surface area contributed by atoms with E-state index >= 15 is 0 Å². The quantitative estimate of drug-likeness (QED) is 0.764. The molecule has 1 fully saturated rings. The summed E-state index contributed by atoms with van der Waals surface area (Å²) in [5, 5.41) is 12.8. The van der Waals surface area contributed by atoms with Gasteiger partial charge in [0.1, 0.15) is 6.10 Å². The van der Waals surface area contributed by atoms with Crippen LogP contribution in [0.5, 0.6) is 0 Å². The van der Waals surface area contributed by atoms with Gasteiger partial charge in [-0.25, -0.2) is 4.98 Å². The SMILES string of the molecule is O=C(c1nc2ccccc2s1)N1CCN(C[C@@H](O)c2cccs2)CC1. The molecule has 0 unspecified atom stereocenters. The number of carbonyl (C=O) groups excluding carboxylic acids is 1. The number of para-hydroxylation sites is 1. The smallest absolute Gasteiger partial charge is 0.282 e. The number of amides is 1. The zero-order chi connectivity index (χ0) is 17.2. The number of hydrogen-bond donors (Lipinski definition) is 1. The van der Waals surface area contributed by atoms with Crippen LogP contribution in [0.1, 0.15) is 20.8 Å². The molecule has 3 aromatic rings. The van der Waals surface area contributed by atoms with Crippen molar-refractivity contribution in [1.82, 2.24) is 14.8 Å². The van der Waals surface area contributed by atoms with Gasteiger partial charge in [-0.2, -0.15) is 0 Å². The molecule has 1 aromatic carbocycles. The molecule has 3 heterocycles.